The van der Waals surface area contributed by atoms with Crippen LogP contribution in [0, 0.1) is 17.5 Å². The van der Waals surface area contributed by atoms with E-state index < -0.39 is 40.9 Å². The molecule has 0 aliphatic carbocycles. The number of benzene rings is 1. The third-order valence-electron chi connectivity index (χ3n) is 2.46. The van der Waals surface area contributed by atoms with Gasteiger partial charge in [0.15, 0.2) is 17.5 Å². The van der Waals surface area contributed by atoms with Crippen molar-refractivity contribution >= 4 is 11.9 Å². The molecule has 1 unspecified atom stereocenters. The molecule has 0 aliphatic rings. The number of hydrogen-bond acceptors (Lipinski definition) is 2. The fraction of sp³-hybridized carbons (Fsp3) is 0.333. The Bertz CT molecular complexity index is 505. The highest BCUT2D eigenvalue weighted by atomic mass is 19.2. The molecule has 2 N–H and O–H groups in total. The first kappa shape index (κ1) is 15.0. The summed E-state index contributed by atoms with van der Waals surface area (Å²) in [5, 5.41) is 10.9. The zero-order valence-electron chi connectivity index (χ0n) is 10.0. The number of hydrogen-bond donors (Lipinski definition) is 2. The second-order valence-corrected chi connectivity index (χ2v) is 3.88. The molecule has 0 heterocycles. The minimum atomic E-state index is -1.77. The molecule has 0 bridgehead atoms. The van der Waals surface area contributed by atoms with Gasteiger partial charge in [0.1, 0.15) is 6.04 Å². The summed E-state index contributed by atoms with van der Waals surface area (Å²) >= 11 is 0. The van der Waals surface area contributed by atoms with Crippen molar-refractivity contribution in [3.05, 3.63) is 35.1 Å². The Balaban J connectivity index is 2.95. The minimum Gasteiger partial charge on any atom is -0.480 e. The van der Waals surface area contributed by atoms with E-state index in [1.54, 1.807) is 6.92 Å². The first-order valence-corrected chi connectivity index (χ1v) is 5.55. The number of carbonyl (C=O) groups excluding carboxylic acids is 1. The van der Waals surface area contributed by atoms with Crippen LogP contribution in [0.3, 0.4) is 0 Å². The van der Waals surface area contributed by atoms with Gasteiger partial charge in [0.05, 0.1) is 5.56 Å². The molecule has 0 spiro atoms. The average molecular weight is 275 g/mol. The fourth-order valence-electron chi connectivity index (χ4n) is 1.48. The lowest BCUT2D eigenvalue weighted by Crippen LogP contribution is -2.41. The van der Waals surface area contributed by atoms with Gasteiger partial charge >= 0.3 is 5.97 Å². The van der Waals surface area contributed by atoms with E-state index in [9.17, 15) is 22.8 Å². The van der Waals surface area contributed by atoms with Crippen molar-refractivity contribution in [3.63, 3.8) is 0 Å². The second-order valence-electron chi connectivity index (χ2n) is 3.88. The van der Waals surface area contributed by atoms with Crippen LogP contribution in [-0.2, 0) is 4.79 Å². The lowest BCUT2D eigenvalue weighted by atomic mass is 10.1. The number of carboxylic acid groups (broad SMARTS) is 1. The quantitative estimate of drug-likeness (QED) is 0.808. The maximum Gasteiger partial charge on any atom is 0.326 e. The molecule has 104 valence electrons. The van der Waals surface area contributed by atoms with Crippen molar-refractivity contribution in [2.45, 2.75) is 25.8 Å². The Labute approximate surface area is 107 Å². The average Bonchev–Trinajstić information content (AvgIpc) is 2.35. The Hall–Kier alpha value is -2.05. The van der Waals surface area contributed by atoms with E-state index in [4.69, 9.17) is 5.11 Å². The van der Waals surface area contributed by atoms with Gasteiger partial charge in [-0.15, -0.1) is 0 Å². The summed E-state index contributed by atoms with van der Waals surface area (Å²) in [6.45, 7) is 1.71. The molecule has 1 aromatic rings. The van der Waals surface area contributed by atoms with Crippen molar-refractivity contribution in [2.75, 3.05) is 0 Å². The molecule has 0 saturated carbocycles. The number of carboxylic acids is 1. The molecule has 0 aliphatic heterocycles. The van der Waals surface area contributed by atoms with Gasteiger partial charge in [-0.25, -0.2) is 18.0 Å². The van der Waals surface area contributed by atoms with Crippen LogP contribution in [0.5, 0.6) is 0 Å². The third kappa shape index (κ3) is 3.46. The van der Waals surface area contributed by atoms with E-state index in [1.807, 2.05) is 0 Å². The summed E-state index contributed by atoms with van der Waals surface area (Å²) in [7, 11) is 0. The Morgan fingerprint density at radius 1 is 1.26 bits per heavy atom. The first-order chi connectivity index (χ1) is 8.88. The molecular weight excluding hydrogens is 263 g/mol. The lowest BCUT2D eigenvalue weighted by Gasteiger charge is -2.13. The fourth-order valence-corrected chi connectivity index (χ4v) is 1.48. The molecule has 0 fully saturated rings. The molecule has 0 saturated heterocycles. The SMILES string of the molecule is CCCC(NC(=O)c1ccc(F)c(F)c1F)C(=O)O. The molecule has 0 radical (unpaired) electrons. The molecule has 7 heteroatoms. The summed E-state index contributed by atoms with van der Waals surface area (Å²) in [5.74, 6) is -7.21. The van der Waals surface area contributed by atoms with Crippen LogP contribution in [-0.4, -0.2) is 23.0 Å². The summed E-state index contributed by atoms with van der Waals surface area (Å²) < 4.78 is 39.0. The minimum absolute atomic E-state index is 0.145. The number of amides is 1. The second kappa shape index (κ2) is 6.21. The van der Waals surface area contributed by atoms with Gasteiger partial charge in [-0.3, -0.25) is 4.79 Å². The van der Waals surface area contributed by atoms with Crippen molar-refractivity contribution < 1.29 is 27.9 Å². The smallest absolute Gasteiger partial charge is 0.326 e. The van der Waals surface area contributed by atoms with Crippen molar-refractivity contribution in [2.24, 2.45) is 0 Å². The highest BCUT2D eigenvalue weighted by Gasteiger charge is 2.23. The van der Waals surface area contributed by atoms with Gasteiger partial charge in [-0.2, -0.15) is 0 Å². The van der Waals surface area contributed by atoms with Crippen LogP contribution in [0.2, 0.25) is 0 Å². The normalized spacial score (nSPS) is 12.0. The monoisotopic (exact) mass is 275 g/mol. The third-order valence-corrected chi connectivity index (χ3v) is 2.46. The van der Waals surface area contributed by atoms with Gasteiger partial charge in [0.25, 0.3) is 5.91 Å². The topological polar surface area (TPSA) is 66.4 Å². The molecule has 1 atom stereocenters. The van der Waals surface area contributed by atoms with Crippen LogP contribution in [0.4, 0.5) is 13.2 Å². The molecule has 1 rings (SSSR count). The molecule has 4 nitrogen and oxygen atoms in total. The Morgan fingerprint density at radius 3 is 2.42 bits per heavy atom. The Kier molecular flexibility index (Phi) is 4.91. The number of rotatable bonds is 5. The molecule has 0 aromatic heterocycles. The zero-order chi connectivity index (χ0) is 14.6. The number of halogens is 3. The first-order valence-electron chi connectivity index (χ1n) is 5.55. The molecule has 1 amide bonds. The van der Waals surface area contributed by atoms with Crippen LogP contribution in [0.25, 0.3) is 0 Å². The van der Waals surface area contributed by atoms with Crippen LogP contribution in [0.1, 0.15) is 30.1 Å². The predicted octanol–water partition coefficient (Wildman–Crippen LogP) is 2.09. The summed E-state index contributed by atoms with van der Waals surface area (Å²) in [4.78, 5) is 22.4. The van der Waals surface area contributed by atoms with Gasteiger partial charge in [0.2, 0.25) is 0 Å². The predicted molar refractivity (Wildman–Crippen MR) is 60.1 cm³/mol. The number of nitrogens with one attached hydrogen (secondary N) is 1. The van der Waals surface area contributed by atoms with E-state index in [0.29, 0.717) is 12.5 Å². The molecular formula is C12H12F3NO3. The maximum atomic E-state index is 13.3. The summed E-state index contributed by atoms with van der Waals surface area (Å²) in [6.07, 6.45) is 0.629. The van der Waals surface area contributed by atoms with Crippen molar-refractivity contribution in [1.29, 1.82) is 0 Å². The van der Waals surface area contributed by atoms with Gasteiger partial charge in [-0.1, -0.05) is 13.3 Å². The number of carbonyl (C=O) groups is 2. The van der Waals surface area contributed by atoms with E-state index in [2.05, 4.69) is 5.32 Å². The number of aliphatic carboxylic acids is 1. The summed E-state index contributed by atoms with van der Waals surface area (Å²) in [5.41, 5.74) is -0.735. The standard InChI is InChI=1S/C12H12F3NO3/c1-2-3-8(12(18)19)16-11(17)6-4-5-7(13)10(15)9(6)14/h4-5,8H,2-3H2,1H3,(H,16,17)(H,18,19). The van der Waals surface area contributed by atoms with E-state index in [0.717, 1.165) is 6.07 Å². The van der Waals surface area contributed by atoms with Crippen LogP contribution >= 0.6 is 0 Å². The molecule has 1 aromatic carbocycles. The van der Waals surface area contributed by atoms with Crippen molar-refractivity contribution in [3.8, 4) is 0 Å². The largest absolute Gasteiger partial charge is 0.480 e. The van der Waals surface area contributed by atoms with Crippen LogP contribution < -0.4 is 5.32 Å². The Morgan fingerprint density at radius 2 is 1.89 bits per heavy atom. The maximum absolute atomic E-state index is 13.3. The highest BCUT2D eigenvalue weighted by Crippen LogP contribution is 2.15. The van der Waals surface area contributed by atoms with Gasteiger partial charge in [-0.05, 0) is 18.6 Å². The van der Waals surface area contributed by atoms with E-state index in [-0.39, 0.29) is 6.42 Å². The lowest BCUT2D eigenvalue weighted by molar-refractivity contribution is -0.139. The highest BCUT2D eigenvalue weighted by molar-refractivity contribution is 5.96. The van der Waals surface area contributed by atoms with Gasteiger partial charge < -0.3 is 10.4 Å². The van der Waals surface area contributed by atoms with E-state index in [1.165, 1.54) is 0 Å². The van der Waals surface area contributed by atoms with Crippen LogP contribution in [0.15, 0.2) is 12.1 Å². The zero-order valence-corrected chi connectivity index (χ0v) is 10.0. The summed E-state index contributed by atoms with van der Waals surface area (Å²) in [6, 6.07) is 0.154. The van der Waals surface area contributed by atoms with Crippen molar-refractivity contribution in [1.82, 2.24) is 5.32 Å². The van der Waals surface area contributed by atoms with E-state index >= 15 is 0 Å². The molecule has 19 heavy (non-hydrogen) atoms. The van der Waals surface area contributed by atoms with Gasteiger partial charge in [0, 0.05) is 0 Å².